The number of amides is 1. The van der Waals surface area contributed by atoms with Crippen LogP contribution in [0.25, 0.3) is 0 Å². The average molecular weight is 389 g/mol. The molecule has 3 aromatic rings. The van der Waals surface area contributed by atoms with Crippen LogP contribution < -0.4 is 10.6 Å². The van der Waals surface area contributed by atoms with Crippen molar-refractivity contribution in [3.63, 3.8) is 0 Å². The lowest BCUT2D eigenvalue weighted by Crippen LogP contribution is -2.14. The second-order valence-electron chi connectivity index (χ2n) is 6.55. The molecule has 3 rings (SSSR count). The van der Waals surface area contributed by atoms with Crippen LogP contribution in [0.3, 0.4) is 0 Å². The van der Waals surface area contributed by atoms with Crippen LogP contribution in [0.15, 0.2) is 60.8 Å². The van der Waals surface area contributed by atoms with E-state index in [0.717, 1.165) is 23.4 Å². The van der Waals surface area contributed by atoms with Crippen molar-refractivity contribution in [2.24, 2.45) is 0 Å². The van der Waals surface area contributed by atoms with Gasteiger partial charge in [-0.05, 0) is 54.8 Å². The second-order valence-corrected chi connectivity index (χ2v) is 6.55. The van der Waals surface area contributed by atoms with E-state index in [4.69, 9.17) is 4.74 Å². The van der Waals surface area contributed by atoms with Crippen LogP contribution in [0.2, 0.25) is 0 Å². The zero-order chi connectivity index (χ0) is 20.8. The van der Waals surface area contributed by atoms with Crippen molar-refractivity contribution in [1.82, 2.24) is 4.98 Å². The molecule has 6 heteroatoms. The minimum Gasteiger partial charge on any atom is -0.465 e. The van der Waals surface area contributed by atoms with Crippen molar-refractivity contribution >= 4 is 28.9 Å². The molecule has 0 saturated carbocycles. The number of nitrogens with zero attached hydrogens (tertiary/aromatic N) is 1. The third-order valence-electron chi connectivity index (χ3n) is 4.55. The maximum absolute atomic E-state index is 12.5. The minimum atomic E-state index is -0.461. The minimum absolute atomic E-state index is 0.277. The van der Waals surface area contributed by atoms with Gasteiger partial charge in [0.15, 0.2) is 0 Å². The lowest BCUT2D eigenvalue weighted by Gasteiger charge is -2.14. The number of methoxy groups -OCH3 is 1. The molecule has 0 unspecified atom stereocenters. The molecule has 2 aromatic carbocycles. The highest BCUT2D eigenvalue weighted by Crippen LogP contribution is 2.25. The number of pyridine rings is 1. The Hall–Kier alpha value is -3.67. The normalized spacial score (nSPS) is 10.3. The first-order valence-electron chi connectivity index (χ1n) is 9.33. The van der Waals surface area contributed by atoms with Gasteiger partial charge in [0, 0.05) is 11.4 Å². The Bertz CT molecular complexity index is 1030. The summed E-state index contributed by atoms with van der Waals surface area (Å²) in [4.78, 5) is 28.4. The van der Waals surface area contributed by atoms with Gasteiger partial charge in [0.25, 0.3) is 5.91 Å². The molecule has 2 N–H and O–H groups in total. The third-order valence-corrected chi connectivity index (χ3v) is 4.55. The number of para-hydroxylation sites is 1. The number of hydrogen-bond donors (Lipinski definition) is 2. The topological polar surface area (TPSA) is 80.3 Å². The molecule has 0 fully saturated rings. The molecular formula is C23H23N3O3. The van der Waals surface area contributed by atoms with Gasteiger partial charge in [-0.25, -0.2) is 9.78 Å². The van der Waals surface area contributed by atoms with Gasteiger partial charge in [-0.1, -0.05) is 31.2 Å². The number of anilines is 3. The fraction of sp³-hybridized carbons (Fsp3) is 0.174. The maximum atomic E-state index is 12.5. The van der Waals surface area contributed by atoms with Gasteiger partial charge in [-0.15, -0.1) is 0 Å². The van der Waals surface area contributed by atoms with Crippen molar-refractivity contribution in [3.05, 3.63) is 83.2 Å². The highest BCUT2D eigenvalue weighted by atomic mass is 16.5. The van der Waals surface area contributed by atoms with E-state index in [1.165, 1.54) is 12.7 Å². The van der Waals surface area contributed by atoms with Gasteiger partial charge in [0.1, 0.15) is 5.69 Å². The van der Waals surface area contributed by atoms with Crippen molar-refractivity contribution in [3.8, 4) is 0 Å². The molecule has 29 heavy (non-hydrogen) atoms. The van der Waals surface area contributed by atoms with E-state index in [-0.39, 0.29) is 11.6 Å². The van der Waals surface area contributed by atoms with Gasteiger partial charge in [0.05, 0.1) is 24.6 Å². The number of nitrogens with one attached hydrogen (secondary N) is 2. The molecule has 148 valence electrons. The molecule has 0 aliphatic carbocycles. The van der Waals surface area contributed by atoms with Gasteiger partial charge in [-0.2, -0.15) is 0 Å². The van der Waals surface area contributed by atoms with Crippen LogP contribution in [-0.2, 0) is 11.2 Å². The summed E-state index contributed by atoms with van der Waals surface area (Å²) in [5, 5.41) is 6.13. The van der Waals surface area contributed by atoms with E-state index in [1.807, 2.05) is 12.1 Å². The maximum Gasteiger partial charge on any atom is 0.337 e. The first-order chi connectivity index (χ1) is 14.0. The van der Waals surface area contributed by atoms with Crippen LogP contribution in [0.5, 0.6) is 0 Å². The highest BCUT2D eigenvalue weighted by molar-refractivity contribution is 6.03. The lowest BCUT2D eigenvalue weighted by molar-refractivity contribution is 0.0600. The monoisotopic (exact) mass is 389 g/mol. The van der Waals surface area contributed by atoms with E-state index in [2.05, 4.69) is 41.6 Å². The summed E-state index contributed by atoms with van der Waals surface area (Å²) in [5.74, 6) is -0.819. The molecular weight excluding hydrogens is 366 g/mol. The third kappa shape index (κ3) is 4.79. The first-order valence-corrected chi connectivity index (χ1v) is 9.33. The molecule has 0 atom stereocenters. The number of carbonyl (C=O) groups is 2. The number of benzene rings is 2. The lowest BCUT2D eigenvalue weighted by atomic mass is 10.1. The van der Waals surface area contributed by atoms with Crippen LogP contribution >= 0.6 is 0 Å². The number of aromatic nitrogens is 1. The smallest absolute Gasteiger partial charge is 0.337 e. The van der Waals surface area contributed by atoms with E-state index >= 15 is 0 Å². The van der Waals surface area contributed by atoms with Gasteiger partial charge in [-0.3, -0.25) is 4.79 Å². The van der Waals surface area contributed by atoms with E-state index in [1.54, 1.807) is 36.5 Å². The number of esters is 1. The molecule has 0 saturated heterocycles. The Morgan fingerprint density at radius 1 is 1.03 bits per heavy atom. The van der Waals surface area contributed by atoms with Crippen molar-refractivity contribution in [2.45, 2.75) is 20.3 Å². The standard InChI is InChI=1S/C23H23N3O3/c1-4-16-8-5-7-15(2)21(16)25-19-11-12-20(24-14-19)22(27)26-18-10-6-9-17(13-18)23(28)29-3/h5-14,25H,4H2,1-3H3,(H,26,27). The van der Waals surface area contributed by atoms with E-state index in [9.17, 15) is 9.59 Å². The van der Waals surface area contributed by atoms with Crippen LogP contribution in [0.4, 0.5) is 17.1 Å². The van der Waals surface area contributed by atoms with Crippen LogP contribution in [-0.4, -0.2) is 24.0 Å². The van der Waals surface area contributed by atoms with Crippen LogP contribution in [0, 0.1) is 6.92 Å². The Balaban J connectivity index is 1.72. The fourth-order valence-corrected chi connectivity index (χ4v) is 2.99. The highest BCUT2D eigenvalue weighted by Gasteiger charge is 2.11. The summed E-state index contributed by atoms with van der Waals surface area (Å²) < 4.78 is 4.70. The van der Waals surface area contributed by atoms with Gasteiger partial charge >= 0.3 is 5.97 Å². The molecule has 0 aliphatic rings. The molecule has 0 radical (unpaired) electrons. The summed E-state index contributed by atoms with van der Waals surface area (Å²) in [6.07, 6.45) is 2.55. The Labute approximate surface area is 169 Å². The predicted molar refractivity (Wildman–Crippen MR) is 114 cm³/mol. The zero-order valence-corrected chi connectivity index (χ0v) is 16.7. The Morgan fingerprint density at radius 2 is 1.83 bits per heavy atom. The average Bonchev–Trinajstić information content (AvgIpc) is 2.75. The zero-order valence-electron chi connectivity index (χ0n) is 16.7. The van der Waals surface area contributed by atoms with E-state index in [0.29, 0.717) is 11.3 Å². The van der Waals surface area contributed by atoms with Crippen molar-refractivity contribution < 1.29 is 14.3 Å². The SMILES string of the molecule is CCc1cccc(C)c1Nc1ccc(C(=O)Nc2cccc(C(=O)OC)c2)nc1. The molecule has 6 nitrogen and oxygen atoms in total. The van der Waals surface area contributed by atoms with E-state index < -0.39 is 5.97 Å². The predicted octanol–water partition coefficient (Wildman–Crippen LogP) is 4.73. The number of aryl methyl sites for hydroxylation is 2. The van der Waals surface area contributed by atoms with Gasteiger partial charge in [0.2, 0.25) is 0 Å². The largest absolute Gasteiger partial charge is 0.465 e. The van der Waals surface area contributed by atoms with Gasteiger partial charge < -0.3 is 15.4 Å². The number of hydrogen-bond acceptors (Lipinski definition) is 5. The summed E-state index contributed by atoms with van der Waals surface area (Å²) >= 11 is 0. The molecule has 1 aromatic heterocycles. The summed E-state index contributed by atoms with van der Waals surface area (Å²) in [6.45, 7) is 4.17. The quantitative estimate of drug-likeness (QED) is 0.596. The second kappa shape index (κ2) is 9.01. The number of rotatable bonds is 6. The number of ether oxygens (including phenoxy) is 1. The Kier molecular flexibility index (Phi) is 6.24. The molecule has 0 bridgehead atoms. The van der Waals surface area contributed by atoms with Crippen molar-refractivity contribution in [1.29, 1.82) is 0 Å². The summed E-state index contributed by atoms with van der Waals surface area (Å²) in [5.41, 5.74) is 5.37. The van der Waals surface area contributed by atoms with Crippen molar-refractivity contribution in [2.75, 3.05) is 17.7 Å². The van der Waals surface area contributed by atoms with Crippen LogP contribution in [0.1, 0.15) is 38.9 Å². The summed E-state index contributed by atoms with van der Waals surface area (Å²) in [7, 11) is 1.31. The molecule has 1 amide bonds. The molecule has 1 heterocycles. The fourth-order valence-electron chi connectivity index (χ4n) is 2.99. The molecule has 0 spiro atoms. The first kappa shape index (κ1) is 20.1. The number of carbonyl (C=O) groups excluding carboxylic acids is 2. The summed E-state index contributed by atoms with van der Waals surface area (Å²) in [6, 6.07) is 16.2. The Morgan fingerprint density at radius 3 is 2.52 bits per heavy atom. The molecule has 0 aliphatic heterocycles.